The standard InChI is InChI=1S/C12H19NO3S/c14-12(9-4-2-1-3-5-9)13-7-11-6-10(13)8-17(11,15)16/h9-11H,1-8H2. The van der Waals surface area contributed by atoms with Crippen LogP contribution in [0.15, 0.2) is 0 Å². The normalized spacial score (nSPS) is 36.4. The number of nitrogens with zero attached hydrogens (tertiary/aromatic N) is 1. The van der Waals surface area contributed by atoms with Gasteiger partial charge in [-0.1, -0.05) is 19.3 Å². The van der Waals surface area contributed by atoms with Gasteiger partial charge in [-0.25, -0.2) is 8.42 Å². The van der Waals surface area contributed by atoms with E-state index in [4.69, 9.17) is 0 Å². The Morgan fingerprint density at radius 1 is 1.12 bits per heavy atom. The van der Waals surface area contributed by atoms with E-state index >= 15 is 0 Å². The molecule has 3 fully saturated rings. The summed E-state index contributed by atoms with van der Waals surface area (Å²) in [5.41, 5.74) is 0. The second-order valence-corrected chi connectivity index (χ2v) is 7.99. The number of sulfone groups is 1. The van der Waals surface area contributed by atoms with E-state index in [1.807, 2.05) is 4.90 Å². The molecule has 96 valence electrons. The topological polar surface area (TPSA) is 54.5 Å². The number of carbonyl (C=O) groups excluding carboxylic acids is 1. The third-order valence-corrected chi connectivity index (χ3v) is 6.75. The molecule has 0 aromatic heterocycles. The van der Waals surface area contributed by atoms with Gasteiger partial charge in [0.1, 0.15) is 0 Å². The van der Waals surface area contributed by atoms with Crippen LogP contribution in [0.2, 0.25) is 0 Å². The van der Waals surface area contributed by atoms with Gasteiger partial charge in [0.2, 0.25) is 5.91 Å². The summed E-state index contributed by atoms with van der Waals surface area (Å²) in [6, 6.07) is -0.0144. The first kappa shape index (κ1) is 11.5. The zero-order chi connectivity index (χ0) is 12.0. The molecule has 0 aromatic carbocycles. The number of likely N-dealkylation sites (tertiary alicyclic amines) is 1. The smallest absolute Gasteiger partial charge is 0.226 e. The fourth-order valence-electron chi connectivity index (χ4n) is 3.55. The SMILES string of the molecule is O=C(C1CCCCC1)N1CC2CC1CS2(=O)=O. The Kier molecular flexibility index (Phi) is 2.69. The molecular weight excluding hydrogens is 238 g/mol. The van der Waals surface area contributed by atoms with Crippen LogP contribution in [-0.2, 0) is 14.6 Å². The highest BCUT2D eigenvalue weighted by molar-refractivity contribution is 7.92. The van der Waals surface area contributed by atoms with Crippen LogP contribution in [0.3, 0.4) is 0 Å². The highest BCUT2D eigenvalue weighted by Crippen LogP contribution is 2.35. The third kappa shape index (κ3) is 1.88. The lowest BCUT2D eigenvalue weighted by Gasteiger charge is -2.32. The van der Waals surface area contributed by atoms with Gasteiger partial charge >= 0.3 is 0 Å². The van der Waals surface area contributed by atoms with E-state index in [0.29, 0.717) is 13.0 Å². The minimum atomic E-state index is -2.88. The molecule has 3 aliphatic rings. The Morgan fingerprint density at radius 3 is 2.35 bits per heavy atom. The van der Waals surface area contributed by atoms with Gasteiger partial charge in [-0.05, 0) is 19.3 Å². The lowest BCUT2D eigenvalue weighted by Crippen LogP contribution is -2.46. The highest BCUT2D eigenvalue weighted by atomic mass is 32.2. The Bertz CT molecular complexity index is 425. The van der Waals surface area contributed by atoms with E-state index in [1.54, 1.807) is 0 Å². The minimum Gasteiger partial charge on any atom is -0.337 e. The van der Waals surface area contributed by atoms with E-state index in [9.17, 15) is 13.2 Å². The van der Waals surface area contributed by atoms with Crippen LogP contribution < -0.4 is 0 Å². The van der Waals surface area contributed by atoms with Gasteiger partial charge in [0, 0.05) is 18.5 Å². The molecule has 0 aromatic rings. The molecule has 2 heterocycles. The summed E-state index contributed by atoms with van der Waals surface area (Å²) in [6.07, 6.45) is 6.22. The largest absolute Gasteiger partial charge is 0.337 e. The van der Waals surface area contributed by atoms with Crippen molar-refractivity contribution in [2.75, 3.05) is 12.3 Å². The summed E-state index contributed by atoms with van der Waals surface area (Å²) in [5, 5.41) is -0.264. The zero-order valence-electron chi connectivity index (χ0n) is 9.97. The van der Waals surface area contributed by atoms with Crippen molar-refractivity contribution in [1.29, 1.82) is 0 Å². The number of hydrogen-bond acceptors (Lipinski definition) is 3. The number of fused-ring (bicyclic) bond motifs is 2. The van der Waals surface area contributed by atoms with Crippen molar-refractivity contribution in [3.05, 3.63) is 0 Å². The molecular formula is C12H19NO3S. The maximum absolute atomic E-state index is 12.3. The third-order valence-electron chi connectivity index (χ3n) is 4.55. The van der Waals surface area contributed by atoms with Crippen molar-refractivity contribution in [2.24, 2.45) is 5.92 Å². The number of rotatable bonds is 1. The van der Waals surface area contributed by atoms with Gasteiger partial charge in [-0.3, -0.25) is 4.79 Å². The molecule has 0 N–H and O–H groups in total. The predicted molar refractivity (Wildman–Crippen MR) is 64.3 cm³/mol. The summed E-state index contributed by atoms with van der Waals surface area (Å²) < 4.78 is 23.3. The molecule has 2 bridgehead atoms. The monoisotopic (exact) mass is 257 g/mol. The van der Waals surface area contributed by atoms with Crippen molar-refractivity contribution in [2.45, 2.75) is 49.8 Å². The second kappa shape index (κ2) is 3.97. The van der Waals surface area contributed by atoms with Crippen LogP contribution >= 0.6 is 0 Å². The van der Waals surface area contributed by atoms with Gasteiger partial charge in [0.15, 0.2) is 9.84 Å². The fraction of sp³-hybridized carbons (Fsp3) is 0.917. The van der Waals surface area contributed by atoms with E-state index in [1.165, 1.54) is 6.42 Å². The van der Waals surface area contributed by atoms with Gasteiger partial charge in [-0.2, -0.15) is 0 Å². The summed E-state index contributed by atoms with van der Waals surface area (Å²) in [7, 11) is -2.88. The molecule has 0 spiro atoms. The molecule has 1 saturated carbocycles. The van der Waals surface area contributed by atoms with E-state index in [-0.39, 0.29) is 28.9 Å². The van der Waals surface area contributed by atoms with E-state index in [2.05, 4.69) is 0 Å². The molecule has 1 aliphatic carbocycles. The first-order chi connectivity index (χ1) is 8.08. The average molecular weight is 257 g/mol. The van der Waals surface area contributed by atoms with Crippen LogP contribution in [0.4, 0.5) is 0 Å². The molecule has 17 heavy (non-hydrogen) atoms. The Hall–Kier alpha value is -0.580. The van der Waals surface area contributed by atoms with Crippen molar-refractivity contribution in [3.8, 4) is 0 Å². The van der Waals surface area contributed by atoms with E-state index < -0.39 is 9.84 Å². The van der Waals surface area contributed by atoms with Crippen molar-refractivity contribution < 1.29 is 13.2 Å². The fourth-order valence-corrected chi connectivity index (χ4v) is 5.58. The minimum absolute atomic E-state index is 0.0144. The Balaban J connectivity index is 1.69. The van der Waals surface area contributed by atoms with Crippen molar-refractivity contribution >= 4 is 15.7 Å². The molecule has 4 nitrogen and oxygen atoms in total. The van der Waals surface area contributed by atoms with Crippen LogP contribution in [-0.4, -0.2) is 42.8 Å². The van der Waals surface area contributed by atoms with Crippen molar-refractivity contribution in [3.63, 3.8) is 0 Å². The molecule has 2 unspecified atom stereocenters. The van der Waals surface area contributed by atoms with Crippen LogP contribution in [0, 0.1) is 5.92 Å². The van der Waals surface area contributed by atoms with Crippen LogP contribution in [0.1, 0.15) is 38.5 Å². The molecule has 0 radical (unpaired) electrons. The van der Waals surface area contributed by atoms with Crippen LogP contribution in [0.5, 0.6) is 0 Å². The lowest BCUT2D eigenvalue weighted by atomic mass is 9.88. The number of amides is 1. The summed E-state index contributed by atoms with van der Waals surface area (Å²) >= 11 is 0. The highest BCUT2D eigenvalue weighted by Gasteiger charge is 2.50. The maximum atomic E-state index is 12.3. The molecule has 2 atom stereocenters. The first-order valence-electron chi connectivity index (χ1n) is 6.60. The molecule has 5 heteroatoms. The van der Waals surface area contributed by atoms with Crippen molar-refractivity contribution in [1.82, 2.24) is 4.90 Å². The summed E-state index contributed by atoms with van der Waals surface area (Å²) in [4.78, 5) is 14.2. The predicted octanol–water partition coefficient (Wildman–Crippen LogP) is 0.965. The van der Waals surface area contributed by atoms with Gasteiger partial charge in [0.25, 0.3) is 0 Å². The molecule has 1 amide bonds. The van der Waals surface area contributed by atoms with E-state index in [0.717, 1.165) is 25.7 Å². The summed E-state index contributed by atoms with van der Waals surface area (Å²) in [5.74, 6) is 0.605. The first-order valence-corrected chi connectivity index (χ1v) is 8.31. The summed E-state index contributed by atoms with van der Waals surface area (Å²) in [6.45, 7) is 0.461. The number of carbonyl (C=O) groups is 1. The Labute approximate surface area is 102 Å². The van der Waals surface area contributed by atoms with Gasteiger partial charge in [0.05, 0.1) is 11.0 Å². The van der Waals surface area contributed by atoms with Gasteiger partial charge in [-0.15, -0.1) is 0 Å². The molecule has 2 saturated heterocycles. The van der Waals surface area contributed by atoms with Crippen LogP contribution in [0.25, 0.3) is 0 Å². The number of hydrogen-bond donors (Lipinski definition) is 0. The Morgan fingerprint density at radius 2 is 1.82 bits per heavy atom. The molecule has 3 rings (SSSR count). The van der Waals surface area contributed by atoms with Gasteiger partial charge < -0.3 is 4.90 Å². The zero-order valence-corrected chi connectivity index (χ0v) is 10.8. The average Bonchev–Trinajstić information content (AvgIpc) is 2.84. The maximum Gasteiger partial charge on any atom is 0.226 e. The second-order valence-electron chi connectivity index (χ2n) is 5.67. The quantitative estimate of drug-likeness (QED) is 0.703. The lowest BCUT2D eigenvalue weighted by molar-refractivity contribution is -0.137. The molecule has 2 aliphatic heterocycles.